The highest BCUT2D eigenvalue weighted by atomic mass is 32.2. The fourth-order valence-corrected chi connectivity index (χ4v) is 2.90. The van der Waals surface area contributed by atoms with Crippen molar-refractivity contribution in [2.75, 3.05) is 0 Å². The van der Waals surface area contributed by atoms with Gasteiger partial charge in [0.05, 0.1) is 4.90 Å². The number of hydrogen-bond donors (Lipinski definition) is 2. The summed E-state index contributed by atoms with van der Waals surface area (Å²) in [7, 11) is 0. The third kappa shape index (κ3) is 7.17. The van der Waals surface area contributed by atoms with E-state index in [1.54, 1.807) is 24.3 Å². The SMILES string of the molecule is CC(=O)NOS(=O)c1ccc(Oc2ccc(OS(=O)NC(C)=O)cc2)cc1. The molecule has 2 aromatic carbocycles. The molecule has 2 atom stereocenters. The second kappa shape index (κ2) is 9.80. The van der Waals surface area contributed by atoms with Crippen molar-refractivity contribution in [1.82, 2.24) is 10.2 Å². The van der Waals surface area contributed by atoms with E-state index in [0.29, 0.717) is 16.4 Å². The average molecular weight is 412 g/mol. The summed E-state index contributed by atoms with van der Waals surface area (Å²) in [6.07, 6.45) is 0. The molecule has 0 saturated heterocycles. The highest BCUT2D eigenvalue weighted by molar-refractivity contribution is 7.80. The zero-order valence-corrected chi connectivity index (χ0v) is 15.9. The van der Waals surface area contributed by atoms with Crippen LogP contribution in [0, 0.1) is 0 Å². The van der Waals surface area contributed by atoms with Gasteiger partial charge in [-0.05, 0) is 48.5 Å². The first-order chi connectivity index (χ1) is 12.8. The molecule has 11 heteroatoms. The summed E-state index contributed by atoms with van der Waals surface area (Å²) in [4.78, 5) is 21.9. The molecular weight excluding hydrogens is 396 g/mol. The number of ether oxygens (including phenoxy) is 1. The van der Waals surface area contributed by atoms with Gasteiger partial charge in [0.15, 0.2) is 0 Å². The Morgan fingerprint density at radius 1 is 0.815 bits per heavy atom. The largest absolute Gasteiger partial charge is 0.457 e. The average Bonchev–Trinajstić information content (AvgIpc) is 2.61. The van der Waals surface area contributed by atoms with Gasteiger partial charge in [-0.25, -0.2) is 14.4 Å². The minimum Gasteiger partial charge on any atom is -0.457 e. The maximum Gasteiger partial charge on any atom is 0.318 e. The van der Waals surface area contributed by atoms with E-state index in [1.807, 2.05) is 5.48 Å². The summed E-state index contributed by atoms with van der Waals surface area (Å²) >= 11 is -3.80. The number of hydroxylamine groups is 1. The summed E-state index contributed by atoms with van der Waals surface area (Å²) in [5.41, 5.74) is 2.00. The summed E-state index contributed by atoms with van der Waals surface area (Å²) < 4.78 is 40.6. The van der Waals surface area contributed by atoms with E-state index >= 15 is 0 Å². The molecule has 9 nitrogen and oxygen atoms in total. The molecule has 0 aromatic heterocycles. The predicted octanol–water partition coefficient (Wildman–Crippen LogP) is 1.66. The number of rotatable bonds is 8. The maximum atomic E-state index is 11.8. The van der Waals surface area contributed by atoms with Crippen LogP contribution in [0.15, 0.2) is 53.4 Å². The topological polar surface area (TPSA) is 120 Å². The van der Waals surface area contributed by atoms with Crippen molar-refractivity contribution in [3.63, 3.8) is 0 Å². The van der Waals surface area contributed by atoms with Crippen LogP contribution < -0.4 is 19.1 Å². The lowest BCUT2D eigenvalue weighted by Gasteiger charge is -2.08. The Kier molecular flexibility index (Phi) is 7.46. The third-order valence-electron chi connectivity index (χ3n) is 2.74. The Morgan fingerprint density at radius 2 is 1.33 bits per heavy atom. The van der Waals surface area contributed by atoms with E-state index in [2.05, 4.69) is 9.01 Å². The fraction of sp³-hybridized carbons (Fsp3) is 0.125. The molecule has 0 radical (unpaired) electrons. The molecule has 0 aliphatic rings. The smallest absolute Gasteiger partial charge is 0.318 e. The predicted molar refractivity (Wildman–Crippen MR) is 96.9 cm³/mol. The van der Waals surface area contributed by atoms with Gasteiger partial charge in [0.25, 0.3) is 0 Å². The van der Waals surface area contributed by atoms with Crippen molar-refractivity contribution in [1.29, 1.82) is 0 Å². The first-order valence-corrected chi connectivity index (χ1v) is 9.59. The van der Waals surface area contributed by atoms with Gasteiger partial charge in [-0.1, -0.05) is 0 Å². The standard InChI is InChI=1S/C16H16N2O7S2/c1-11(19)17-25-26(21)16-9-7-14(8-10-16)23-13-3-5-15(6-4-13)24-27(22)18-12(2)20/h3-10H,1-2H3,(H,17,19)(H,18,20). The Morgan fingerprint density at radius 3 is 1.85 bits per heavy atom. The number of benzene rings is 2. The van der Waals surface area contributed by atoms with Crippen molar-refractivity contribution < 1.29 is 31.2 Å². The van der Waals surface area contributed by atoms with Gasteiger partial charge in [0, 0.05) is 13.8 Å². The summed E-state index contributed by atoms with van der Waals surface area (Å²) in [6, 6.07) is 12.5. The number of carbonyl (C=O) groups is 2. The van der Waals surface area contributed by atoms with Gasteiger partial charge >= 0.3 is 11.3 Å². The number of nitrogens with one attached hydrogen (secondary N) is 2. The molecule has 0 fully saturated rings. The second-order valence-corrected chi connectivity index (χ2v) is 6.95. The van der Waals surface area contributed by atoms with Gasteiger partial charge in [0.2, 0.25) is 22.9 Å². The van der Waals surface area contributed by atoms with Crippen LogP contribution in [0.3, 0.4) is 0 Å². The number of carbonyl (C=O) groups excluding carboxylic acids is 2. The highest BCUT2D eigenvalue weighted by Gasteiger charge is 2.08. The summed E-state index contributed by atoms with van der Waals surface area (Å²) in [6.45, 7) is 2.47. The lowest BCUT2D eigenvalue weighted by atomic mass is 10.3. The lowest BCUT2D eigenvalue weighted by Crippen LogP contribution is -2.25. The van der Waals surface area contributed by atoms with E-state index in [-0.39, 0.29) is 5.75 Å². The third-order valence-corrected chi connectivity index (χ3v) is 4.43. The molecule has 0 aliphatic carbocycles. The van der Waals surface area contributed by atoms with Crippen LogP contribution in [0.25, 0.3) is 0 Å². The van der Waals surface area contributed by atoms with Crippen molar-refractivity contribution in [2.24, 2.45) is 0 Å². The van der Waals surface area contributed by atoms with Crippen LogP contribution in [-0.4, -0.2) is 20.2 Å². The van der Waals surface area contributed by atoms with Gasteiger partial charge in [-0.15, -0.1) is 0 Å². The van der Waals surface area contributed by atoms with Crippen LogP contribution in [-0.2, 0) is 36.2 Å². The first kappa shape index (κ1) is 20.6. The minimum absolute atomic E-state index is 0.287. The van der Waals surface area contributed by atoms with Gasteiger partial charge in [0.1, 0.15) is 17.2 Å². The van der Waals surface area contributed by atoms with E-state index < -0.39 is 34.2 Å². The molecule has 2 rings (SSSR count). The van der Waals surface area contributed by atoms with E-state index in [4.69, 9.17) is 8.92 Å². The maximum absolute atomic E-state index is 11.8. The molecule has 2 amide bonds. The van der Waals surface area contributed by atoms with Crippen molar-refractivity contribution in [3.05, 3.63) is 48.5 Å². The molecule has 2 unspecified atom stereocenters. The molecule has 0 heterocycles. The van der Waals surface area contributed by atoms with Crippen molar-refractivity contribution >= 4 is 34.2 Å². The Bertz CT molecular complexity index is 854. The van der Waals surface area contributed by atoms with Crippen molar-refractivity contribution in [2.45, 2.75) is 18.7 Å². The van der Waals surface area contributed by atoms with Crippen LogP contribution in [0.2, 0.25) is 0 Å². The van der Waals surface area contributed by atoms with E-state index in [1.165, 1.54) is 38.1 Å². The molecule has 0 aliphatic heterocycles. The highest BCUT2D eigenvalue weighted by Crippen LogP contribution is 2.25. The second-order valence-electron chi connectivity index (χ2n) is 5.00. The molecule has 2 aromatic rings. The van der Waals surface area contributed by atoms with Crippen LogP contribution >= 0.6 is 0 Å². The normalized spacial score (nSPS) is 12.5. The lowest BCUT2D eigenvalue weighted by molar-refractivity contribution is -0.125. The van der Waals surface area contributed by atoms with Gasteiger partial charge in [-0.2, -0.15) is 8.49 Å². The zero-order valence-electron chi connectivity index (χ0n) is 14.3. The monoisotopic (exact) mass is 412 g/mol. The van der Waals surface area contributed by atoms with Gasteiger partial charge in [-0.3, -0.25) is 9.59 Å². The Hall–Kier alpha value is -2.76. The molecule has 0 saturated carbocycles. The Balaban J connectivity index is 1.93. The Labute approximate surface area is 160 Å². The summed E-state index contributed by atoms with van der Waals surface area (Å²) in [5.74, 6) is 0.314. The fourth-order valence-electron chi connectivity index (χ4n) is 1.69. The molecule has 27 heavy (non-hydrogen) atoms. The number of amides is 2. The quantitative estimate of drug-likeness (QED) is 0.633. The zero-order chi connectivity index (χ0) is 19.8. The summed E-state index contributed by atoms with van der Waals surface area (Å²) in [5, 5.41) is 0. The van der Waals surface area contributed by atoms with Crippen LogP contribution in [0.4, 0.5) is 0 Å². The van der Waals surface area contributed by atoms with E-state index in [0.717, 1.165) is 0 Å². The van der Waals surface area contributed by atoms with Gasteiger partial charge < -0.3 is 8.92 Å². The molecule has 0 spiro atoms. The van der Waals surface area contributed by atoms with E-state index in [9.17, 15) is 18.0 Å². The number of hydrogen-bond acceptors (Lipinski definition) is 7. The van der Waals surface area contributed by atoms with Crippen LogP contribution in [0.1, 0.15) is 13.8 Å². The first-order valence-electron chi connectivity index (χ1n) is 7.44. The van der Waals surface area contributed by atoms with Crippen LogP contribution in [0.5, 0.6) is 17.2 Å². The molecule has 2 N–H and O–H groups in total. The van der Waals surface area contributed by atoms with Crippen molar-refractivity contribution in [3.8, 4) is 17.2 Å². The molecule has 144 valence electrons. The molecular formula is C16H16N2O7S2. The minimum atomic E-state index is -1.97. The molecule has 0 bridgehead atoms.